The molecule has 116 valence electrons. The van der Waals surface area contributed by atoms with Gasteiger partial charge in [-0.3, -0.25) is 0 Å². The standard InChI is InChI=1S/C21H27N/c1-20(2,3)16-7-9-18-14(12-16)11-15-13-17(21(4,5)6)8-10-19(15)22-18/h7-10,12-13,22H,11H2,1-6H3. The van der Waals surface area contributed by atoms with Crippen LogP contribution in [0.3, 0.4) is 0 Å². The van der Waals surface area contributed by atoms with Crippen molar-refractivity contribution in [1.29, 1.82) is 0 Å². The van der Waals surface area contributed by atoms with Crippen LogP contribution in [-0.4, -0.2) is 0 Å². The molecule has 0 spiro atoms. The highest BCUT2D eigenvalue weighted by atomic mass is 14.9. The second-order valence-corrected chi connectivity index (χ2v) is 8.55. The quantitative estimate of drug-likeness (QED) is 0.541. The minimum Gasteiger partial charge on any atom is -0.355 e. The topological polar surface area (TPSA) is 12.0 Å². The number of hydrogen-bond acceptors (Lipinski definition) is 1. The molecule has 0 amide bonds. The van der Waals surface area contributed by atoms with Gasteiger partial charge in [-0.05, 0) is 45.2 Å². The SMILES string of the molecule is CC(C)(C)c1ccc2c(c1)Cc1cc(C(C)(C)C)ccc1N2. The number of benzene rings is 2. The van der Waals surface area contributed by atoms with E-state index in [-0.39, 0.29) is 10.8 Å². The van der Waals surface area contributed by atoms with Gasteiger partial charge in [-0.25, -0.2) is 0 Å². The Bertz CT molecular complexity index is 650. The van der Waals surface area contributed by atoms with Crippen LogP contribution in [0.2, 0.25) is 0 Å². The maximum atomic E-state index is 3.60. The molecule has 0 aromatic heterocycles. The lowest BCUT2D eigenvalue weighted by Crippen LogP contribution is -2.15. The van der Waals surface area contributed by atoms with Crippen molar-refractivity contribution in [3.8, 4) is 0 Å². The van der Waals surface area contributed by atoms with Gasteiger partial charge < -0.3 is 5.32 Å². The van der Waals surface area contributed by atoms with Gasteiger partial charge in [-0.2, -0.15) is 0 Å². The van der Waals surface area contributed by atoms with Crippen molar-refractivity contribution in [2.45, 2.75) is 58.8 Å². The van der Waals surface area contributed by atoms with Crippen molar-refractivity contribution in [3.63, 3.8) is 0 Å². The van der Waals surface area contributed by atoms with Crippen molar-refractivity contribution in [2.24, 2.45) is 0 Å². The normalized spacial score (nSPS) is 14.1. The van der Waals surface area contributed by atoms with Crippen molar-refractivity contribution in [1.82, 2.24) is 0 Å². The van der Waals surface area contributed by atoms with Gasteiger partial charge >= 0.3 is 0 Å². The average molecular weight is 293 g/mol. The van der Waals surface area contributed by atoms with E-state index >= 15 is 0 Å². The van der Waals surface area contributed by atoms with Crippen LogP contribution in [0.1, 0.15) is 63.8 Å². The molecule has 3 rings (SSSR count). The Morgan fingerprint density at radius 1 is 0.682 bits per heavy atom. The molecule has 1 N–H and O–H groups in total. The molecular weight excluding hydrogens is 266 g/mol. The Labute approximate surface area is 134 Å². The third kappa shape index (κ3) is 2.77. The van der Waals surface area contributed by atoms with Gasteiger partial charge in [-0.1, -0.05) is 65.8 Å². The number of anilines is 2. The molecule has 2 aromatic carbocycles. The largest absolute Gasteiger partial charge is 0.355 e. The fraction of sp³-hybridized carbons (Fsp3) is 0.429. The molecule has 0 bridgehead atoms. The second kappa shape index (κ2) is 4.87. The molecule has 0 fully saturated rings. The summed E-state index contributed by atoms with van der Waals surface area (Å²) in [7, 11) is 0. The third-order valence-corrected chi connectivity index (χ3v) is 4.59. The highest BCUT2D eigenvalue weighted by molar-refractivity contribution is 5.72. The van der Waals surface area contributed by atoms with Crippen LogP contribution in [-0.2, 0) is 17.3 Å². The van der Waals surface area contributed by atoms with E-state index in [2.05, 4.69) is 83.3 Å². The molecule has 2 aromatic rings. The summed E-state index contributed by atoms with van der Waals surface area (Å²) in [6.45, 7) is 13.6. The Morgan fingerprint density at radius 2 is 1.09 bits per heavy atom. The Kier molecular flexibility index (Phi) is 3.36. The lowest BCUT2D eigenvalue weighted by atomic mass is 9.82. The molecule has 0 aliphatic carbocycles. The zero-order valence-electron chi connectivity index (χ0n) is 14.7. The highest BCUT2D eigenvalue weighted by Gasteiger charge is 2.21. The lowest BCUT2D eigenvalue weighted by Gasteiger charge is -2.27. The third-order valence-electron chi connectivity index (χ3n) is 4.59. The van der Waals surface area contributed by atoms with Gasteiger partial charge in [0.1, 0.15) is 0 Å². The van der Waals surface area contributed by atoms with E-state index < -0.39 is 0 Å². The maximum absolute atomic E-state index is 3.60. The Morgan fingerprint density at radius 3 is 1.45 bits per heavy atom. The summed E-state index contributed by atoms with van der Waals surface area (Å²) < 4.78 is 0. The number of fused-ring (bicyclic) bond motifs is 2. The number of nitrogens with one attached hydrogen (secondary N) is 1. The van der Waals surface area contributed by atoms with Crippen LogP contribution >= 0.6 is 0 Å². The molecule has 1 nitrogen and oxygen atoms in total. The van der Waals surface area contributed by atoms with E-state index in [1.165, 1.54) is 33.6 Å². The first-order valence-corrected chi connectivity index (χ1v) is 8.18. The van der Waals surface area contributed by atoms with Crippen molar-refractivity contribution < 1.29 is 0 Å². The first-order chi connectivity index (χ1) is 10.1. The molecule has 0 unspecified atom stereocenters. The summed E-state index contributed by atoms with van der Waals surface area (Å²) >= 11 is 0. The molecule has 0 radical (unpaired) electrons. The van der Waals surface area contributed by atoms with Crippen LogP contribution < -0.4 is 5.32 Å². The fourth-order valence-corrected chi connectivity index (χ4v) is 3.01. The summed E-state index contributed by atoms with van der Waals surface area (Å²) in [6, 6.07) is 13.7. The summed E-state index contributed by atoms with van der Waals surface area (Å²) in [5, 5.41) is 3.60. The lowest BCUT2D eigenvalue weighted by molar-refractivity contribution is 0.588. The van der Waals surface area contributed by atoms with Crippen molar-refractivity contribution in [2.75, 3.05) is 5.32 Å². The smallest absolute Gasteiger partial charge is 0.0420 e. The summed E-state index contributed by atoms with van der Waals surface area (Å²) in [5.74, 6) is 0. The second-order valence-electron chi connectivity index (χ2n) is 8.55. The molecule has 1 aliphatic heterocycles. The van der Waals surface area contributed by atoms with Gasteiger partial charge in [0.2, 0.25) is 0 Å². The first kappa shape index (κ1) is 15.1. The van der Waals surface area contributed by atoms with Crippen LogP contribution in [0.5, 0.6) is 0 Å². The van der Waals surface area contributed by atoms with Gasteiger partial charge in [0, 0.05) is 17.8 Å². The van der Waals surface area contributed by atoms with Crippen molar-refractivity contribution in [3.05, 3.63) is 58.7 Å². The molecule has 0 saturated heterocycles. The zero-order valence-corrected chi connectivity index (χ0v) is 14.7. The minimum absolute atomic E-state index is 0.197. The van der Waals surface area contributed by atoms with Gasteiger partial charge in [-0.15, -0.1) is 0 Å². The summed E-state index contributed by atoms with van der Waals surface area (Å²) in [6.07, 6.45) is 1.02. The molecule has 0 atom stereocenters. The molecule has 0 saturated carbocycles. The molecule has 1 aliphatic rings. The van der Waals surface area contributed by atoms with Crippen LogP contribution in [0.25, 0.3) is 0 Å². The van der Waals surface area contributed by atoms with E-state index in [4.69, 9.17) is 0 Å². The first-order valence-electron chi connectivity index (χ1n) is 8.18. The van der Waals surface area contributed by atoms with Crippen LogP contribution in [0.4, 0.5) is 11.4 Å². The van der Waals surface area contributed by atoms with Crippen LogP contribution in [0, 0.1) is 0 Å². The Hall–Kier alpha value is -1.76. The Balaban J connectivity index is 2.00. The predicted molar refractivity (Wildman–Crippen MR) is 96.4 cm³/mol. The monoisotopic (exact) mass is 293 g/mol. The van der Waals surface area contributed by atoms with Crippen molar-refractivity contribution >= 4 is 11.4 Å². The van der Waals surface area contributed by atoms with E-state index in [0.29, 0.717) is 0 Å². The van der Waals surface area contributed by atoms with Gasteiger partial charge in [0.25, 0.3) is 0 Å². The van der Waals surface area contributed by atoms with Gasteiger partial charge in [0.15, 0.2) is 0 Å². The van der Waals surface area contributed by atoms with E-state index in [1.54, 1.807) is 0 Å². The average Bonchev–Trinajstić information content (AvgIpc) is 2.41. The molecule has 1 heterocycles. The molecule has 1 heteroatoms. The van der Waals surface area contributed by atoms with E-state index in [0.717, 1.165) is 6.42 Å². The van der Waals surface area contributed by atoms with Crippen LogP contribution in [0.15, 0.2) is 36.4 Å². The summed E-state index contributed by atoms with van der Waals surface area (Å²) in [4.78, 5) is 0. The van der Waals surface area contributed by atoms with E-state index in [1.807, 2.05) is 0 Å². The molecular formula is C21H27N. The number of hydrogen-bond donors (Lipinski definition) is 1. The maximum Gasteiger partial charge on any atom is 0.0420 e. The van der Waals surface area contributed by atoms with Gasteiger partial charge in [0.05, 0.1) is 0 Å². The number of rotatable bonds is 0. The highest BCUT2D eigenvalue weighted by Crippen LogP contribution is 2.37. The van der Waals surface area contributed by atoms with E-state index in [9.17, 15) is 0 Å². The predicted octanol–water partition coefficient (Wildman–Crippen LogP) is 5.93. The minimum atomic E-state index is 0.197. The zero-order chi connectivity index (χ0) is 16.1. The summed E-state index contributed by atoms with van der Waals surface area (Å²) in [5.41, 5.74) is 8.53. The fourth-order valence-electron chi connectivity index (χ4n) is 3.01. The molecule has 22 heavy (non-hydrogen) atoms.